The number of anilines is 1. The maximum atomic E-state index is 12.3. The maximum absolute atomic E-state index is 12.3. The summed E-state index contributed by atoms with van der Waals surface area (Å²) < 4.78 is 6.00. The lowest BCUT2D eigenvalue weighted by Crippen LogP contribution is -2.13. The van der Waals surface area contributed by atoms with Crippen molar-refractivity contribution in [2.45, 2.75) is 6.92 Å². The molecule has 104 valence electrons. The molecule has 0 saturated heterocycles. The van der Waals surface area contributed by atoms with Gasteiger partial charge in [0.15, 0.2) is 0 Å². The number of ether oxygens (including phenoxy) is 1. The molecule has 0 fully saturated rings. The van der Waals surface area contributed by atoms with E-state index in [0.717, 1.165) is 10.0 Å². The Morgan fingerprint density at radius 3 is 2.70 bits per heavy atom. The molecule has 0 unspecified atom stereocenters. The first-order valence-electron chi connectivity index (χ1n) is 5.92. The van der Waals surface area contributed by atoms with E-state index in [0.29, 0.717) is 22.0 Å². The second-order valence-electron chi connectivity index (χ2n) is 4.28. The molecule has 20 heavy (non-hydrogen) atoms. The fourth-order valence-electron chi connectivity index (χ4n) is 1.78. The molecule has 2 rings (SSSR count). The Morgan fingerprint density at radius 2 is 2.00 bits per heavy atom. The summed E-state index contributed by atoms with van der Waals surface area (Å²) >= 11 is 9.34. The highest BCUT2D eigenvalue weighted by Gasteiger charge is 2.14. The maximum Gasteiger partial charge on any atom is 0.259 e. The van der Waals surface area contributed by atoms with E-state index in [1.165, 1.54) is 7.11 Å². The molecule has 3 nitrogen and oxygen atoms in total. The van der Waals surface area contributed by atoms with Gasteiger partial charge in [-0.2, -0.15) is 0 Å². The van der Waals surface area contributed by atoms with Crippen LogP contribution in [0.4, 0.5) is 5.69 Å². The van der Waals surface area contributed by atoms with E-state index in [4.69, 9.17) is 16.3 Å². The highest BCUT2D eigenvalue weighted by Crippen LogP contribution is 2.27. The molecule has 2 aromatic carbocycles. The number of amides is 1. The third kappa shape index (κ3) is 3.32. The Kier molecular flexibility index (Phi) is 4.68. The number of benzene rings is 2. The summed E-state index contributed by atoms with van der Waals surface area (Å²) in [5.74, 6) is 0.214. The number of aryl methyl sites for hydroxylation is 1. The number of halogens is 2. The van der Waals surface area contributed by atoms with Crippen LogP contribution in [0.3, 0.4) is 0 Å². The molecule has 0 saturated carbocycles. The molecular weight excluding hydrogens is 342 g/mol. The Balaban J connectivity index is 2.32. The van der Waals surface area contributed by atoms with E-state index >= 15 is 0 Å². The largest absolute Gasteiger partial charge is 0.496 e. The molecule has 5 heteroatoms. The first-order chi connectivity index (χ1) is 9.51. The van der Waals surface area contributed by atoms with Crippen molar-refractivity contribution in [1.29, 1.82) is 0 Å². The van der Waals surface area contributed by atoms with Crippen molar-refractivity contribution in [2.75, 3.05) is 12.4 Å². The predicted octanol–water partition coefficient (Wildman–Crippen LogP) is 4.67. The van der Waals surface area contributed by atoms with Crippen molar-refractivity contribution in [3.05, 3.63) is 57.0 Å². The molecule has 0 spiro atoms. The van der Waals surface area contributed by atoms with Gasteiger partial charge in [0.1, 0.15) is 5.75 Å². The van der Waals surface area contributed by atoms with Crippen LogP contribution in [0, 0.1) is 6.92 Å². The van der Waals surface area contributed by atoms with Crippen LogP contribution in [-0.2, 0) is 0 Å². The summed E-state index contributed by atoms with van der Waals surface area (Å²) in [7, 11) is 1.52. The Bertz CT molecular complexity index is 658. The number of hydrogen-bond acceptors (Lipinski definition) is 2. The Morgan fingerprint density at radius 1 is 1.25 bits per heavy atom. The molecular formula is C15H13BrClNO2. The topological polar surface area (TPSA) is 38.3 Å². The van der Waals surface area contributed by atoms with E-state index in [2.05, 4.69) is 21.2 Å². The van der Waals surface area contributed by atoms with Gasteiger partial charge in [-0.1, -0.05) is 17.7 Å². The fourth-order valence-corrected chi connectivity index (χ4v) is 2.30. The average molecular weight is 355 g/mol. The number of methoxy groups -OCH3 is 1. The van der Waals surface area contributed by atoms with E-state index in [-0.39, 0.29) is 5.91 Å². The zero-order chi connectivity index (χ0) is 14.7. The van der Waals surface area contributed by atoms with Crippen LogP contribution in [0.1, 0.15) is 15.9 Å². The van der Waals surface area contributed by atoms with E-state index in [9.17, 15) is 4.79 Å². The highest BCUT2D eigenvalue weighted by molar-refractivity contribution is 9.10. The predicted molar refractivity (Wildman–Crippen MR) is 84.8 cm³/mol. The van der Waals surface area contributed by atoms with Crippen molar-refractivity contribution in [3.8, 4) is 5.75 Å². The number of nitrogens with one attached hydrogen (secondary N) is 1. The minimum atomic E-state index is -0.268. The summed E-state index contributed by atoms with van der Waals surface area (Å²) in [5, 5.41) is 3.33. The van der Waals surface area contributed by atoms with Gasteiger partial charge in [0.25, 0.3) is 5.91 Å². The van der Waals surface area contributed by atoms with Gasteiger partial charge in [-0.15, -0.1) is 0 Å². The van der Waals surface area contributed by atoms with Crippen LogP contribution in [0.15, 0.2) is 40.9 Å². The summed E-state index contributed by atoms with van der Waals surface area (Å²) in [6, 6.07) is 10.7. The number of carbonyl (C=O) groups is 1. The number of hydrogen-bond donors (Lipinski definition) is 1. The smallest absolute Gasteiger partial charge is 0.259 e. The lowest BCUT2D eigenvalue weighted by Gasteiger charge is -2.11. The average Bonchev–Trinajstić information content (AvgIpc) is 2.42. The zero-order valence-corrected chi connectivity index (χ0v) is 13.4. The van der Waals surface area contributed by atoms with Crippen LogP contribution < -0.4 is 10.1 Å². The van der Waals surface area contributed by atoms with Crippen molar-refractivity contribution in [3.63, 3.8) is 0 Å². The summed E-state index contributed by atoms with van der Waals surface area (Å²) in [4.78, 5) is 12.3. The van der Waals surface area contributed by atoms with Gasteiger partial charge in [-0.25, -0.2) is 0 Å². The lowest BCUT2D eigenvalue weighted by molar-refractivity contribution is 0.102. The monoisotopic (exact) mass is 353 g/mol. The molecule has 0 heterocycles. The van der Waals surface area contributed by atoms with Crippen LogP contribution in [-0.4, -0.2) is 13.0 Å². The first kappa shape index (κ1) is 14.9. The molecule has 0 aliphatic rings. The second-order valence-corrected chi connectivity index (χ2v) is 5.57. The van der Waals surface area contributed by atoms with E-state index in [1.807, 2.05) is 25.1 Å². The van der Waals surface area contributed by atoms with Gasteiger partial charge in [0, 0.05) is 9.50 Å². The molecule has 2 aromatic rings. The first-order valence-corrected chi connectivity index (χ1v) is 7.09. The van der Waals surface area contributed by atoms with E-state index in [1.54, 1.807) is 18.2 Å². The van der Waals surface area contributed by atoms with Gasteiger partial charge in [-0.05, 0) is 58.7 Å². The van der Waals surface area contributed by atoms with Gasteiger partial charge in [0.05, 0.1) is 18.4 Å². The van der Waals surface area contributed by atoms with Gasteiger partial charge >= 0.3 is 0 Å². The zero-order valence-electron chi connectivity index (χ0n) is 11.0. The summed E-state index contributed by atoms with van der Waals surface area (Å²) in [5.41, 5.74) is 2.16. The molecule has 0 aromatic heterocycles. The molecule has 0 aliphatic carbocycles. The van der Waals surface area contributed by atoms with Crippen molar-refractivity contribution < 1.29 is 9.53 Å². The fraction of sp³-hybridized carbons (Fsp3) is 0.133. The normalized spacial score (nSPS) is 10.2. The van der Waals surface area contributed by atoms with Gasteiger partial charge in [-0.3, -0.25) is 4.79 Å². The second kappa shape index (κ2) is 6.29. The van der Waals surface area contributed by atoms with Crippen LogP contribution >= 0.6 is 27.5 Å². The Labute approximate surface area is 131 Å². The molecule has 0 radical (unpaired) electrons. The molecule has 0 bridgehead atoms. The van der Waals surface area contributed by atoms with E-state index < -0.39 is 0 Å². The minimum absolute atomic E-state index is 0.268. The third-order valence-electron chi connectivity index (χ3n) is 2.78. The van der Waals surface area contributed by atoms with Crippen LogP contribution in [0.2, 0.25) is 5.02 Å². The van der Waals surface area contributed by atoms with Crippen LogP contribution in [0.25, 0.3) is 0 Å². The molecule has 0 aliphatic heterocycles. The molecule has 1 amide bonds. The van der Waals surface area contributed by atoms with Crippen molar-refractivity contribution in [2.24, 2.45) is 0 Å². The van der Waals surface area contributed by atoms with Gasteiger partial charge in [0.2, 0.25) is 0 Å². The number of rotatable bonds is 3. The molecule has 0 atom stereocenters. The van der Waals surface area contributed by atoms with Crippen molar-refractivity contribution >= 4 is 39.1 Å². The Hall–Kier alpha value is -1.52. The standard InChI is InChI=1S/C15H13BrClNO2/c1-9-3-5-12(16)13(7-9)18-15(19)11-8-10(17)4-6-14(11)20-2/h3-8H,1-2H3,(H,18,19). The third-order valence-corrected chi connectivity index (χ3v) is 3.70. The quantitative estimate of drug-likeness (QED) is 0.869. The minimum Gasteiger partial charge on any atom is -0.496 e. The van der Waals surface area contributed by atoms with Crippen LogP contribution in [0.5, 0.6) is 5.75 Å². The van der Waals surface area contributed by atoms with Gasteiger partial charge < -0.3 is 10.1 Å². The summed E-state index contributed by atoms with van der Waals surface area (Å²) in [6.07, 6.45) is 0. The highest BCUT2D eigenvalue weighted by atomic mass is 79.9. The molecule has 1 N–H and O–H groups in total. The SMILES string of the molecule is COc1ccc(Cl)cc1C(=O)Nc1cc(C)ccc1Br. The summed E-state index contributed by atoms with van der Waals surface area (Å²) in [6.45, 7) is 1.96. The number of carbonyl (C=O) groups excluding carboxylic acids is 1. The lowest BCUT2D eigenvalue weighted by atomic mass is 10.1. The van der Waals surface area contributed by atoms with Crippen molar-refractivity contribution in [1.82, 2.24) is 0 Å².